The maximum absolute atomic E-state index is 6.11. The second-order valence-electron chi connectivity index (χ2n) is 7.32. The van der Waals surface area contributed by atoms with Gasteiger partial charge in [-0.2, -0.15) is 0 Å². The zero-order valence-corrected chi connectivity index (χ0v) is 15.5. The van der Waals surface area contributed by atoms with Gasteiger partial charge < -0.3 is 19.8 Å². The summed E-state index contributed by atoms with van der Waals surface area (Å²) in [7, 11) is 1.18. The molecule has 5 nitrogen and oxygen atoms in total. The Hall–Kier alpha value is -1.89. The molecule has 3 rings (SSSR count). The zero-order chi connectivity index (χ0) is 18.2. The minimum atomic E-state index is -0.431. The van der Waals surface area contributed by atoms with Crippen molar-refractivity contribution in [2.45, 2.75) is 38.9 Å². The Labute approximate surface area is 149 Å². The Morgan fingerprint density at radius 1 is 1.16 bits per heavy atom. The van der Waals surface area contributed by atoms with E-state index >= 15 is 0 Å². The quantitative estimate of drug-likeness (QED) is 0.866. The highest BCUT2D eigenvalue weighted by molar-refractivity contribution is 6.55. The molecule has 0 unspecified atom stereocenters. The molecular formula is C19H25BN2O3. The van der Waals surface area contributed by atoms with Crippen LogP contribution in [0.25, 0.3) is 17.0 Å². The molecule has 1 saturated heterocycles. The van der Waals surface area contributed by atoms with Crippen LogP contribution in [0.3, 0.4) is 0 Å². The summed E-state index contributed by atoms with van der Waals surface area (Å²) in [5.74, 6) is 0.607. The predicted octanol–water partition coefficient (Wildman–Crippen LogP) is 3.22. The molecule has 1 aromatic carbocycles. The summed E-state index contributed by atoms with van der Waals surface area (Å²) in [4.78, 5) is 4.43. The number of methoxy groups -OCH3 is 1. The number of nitrogens with two attached hydrogens (primary N) is 1. The van der Waals surface area contributed by atoms with Gasteiger partial charge in [-0.25, -0.2) is 4.98 Å². The fraction of sp³-hybridized carbons (Fsp3) is 0.421. The van der Waals surface area contributed by atoms with E-state index in [1.54, 1.807) is 7.11 Å². The lowest BCUT2D eigenvalue weighted by Gasteiger charge is -2.32. The van der Waals surface area contributed by atoms with Crippen molar-refractivity contribution in [3.05, 3.63) is 41.4 Å². The van der Waals surface area contributed by atoms with Gasteiger partial charge in [0.1, 0.15) is 0 Å². The Kier molecular flexibility index (Phi) is 4.62. The number of hydrogen-bond acceptors (Lipinski definition) is 5. The van der Waals surface area contributed by atoms with Crippen LogP contribution in [0.2, 0.25) is 0 Å². The molecule has 0 bridgehead atoms. The van der Waals surface area contributed by atoms with Crippen LogP contribution in [0.1, 0.15) is 33.3 Å². The van der Waals surface area contributed by atoms with E-state index in [1.807, 2.05) is 58.0 Å². The Balaban J connectivity index is 1.91. The Morgan fingerprint density at radius 3 is 2.44 bits per heavy atom. The maximum atomic E-state index is 6.11. The van der Waals surface area contributed by atoms with Crippen LogP contribution in [0, 0.1) is 0 Å². The van der Waals surface area contributed by atoms with E-state index < -0.39 is 7.12 Å². The third-order valence-corrected chi connectivity index (χ3v) is 5.04. The van der Waals surface area contributed by atoms with E-state index in [9.17, 15) is 0 Å². The summed E-state index contributed by atoms with van der Waals surface area (Å²) in [6.45, 7) is 8.52. The van der Waals surface area contributed by atoms with Crippen molar-refractivity contribution in [2.24, 2.45) is 5.73 Å². The number of fused-ring (bicyclic) bond motifs is 1. The Morgan fingerprint density at radius 2 is 1.84 bits per heavy atom. The van der Waals surface area contributed by atoms with Crippen LogP contribution in [0.4, 0.5) is 0 Å². The van der Waals surface area contributed by atoms with Crippen molar-refractivity contribution in [3.63, 3.8) is 0 Å². The number of rotatable bonds is 4. The third-order valence-electron chi connectivity index (χ3n) is 5.04. The summed E-state index contributed by atoms with van der Waals surface area (Å²) < 4.78 is 17.4. The molecule has 25 heavy (non-hydrogen) atoms. The monoisotopic (exact) mass is 340 g/mol. The highest BCUT2D eigenvalue weighted by atomic mass is 16.7. The lowest BCUT2D eigenvalue weighted by atomic mass is 9.77. The summed E-state index contributed by atoms with van der Waals surface area (Å²) in [6.07, 6.45) is 2.03. The van der Waals surface area contributed by atoms with Crippen LogP contribution >= 0.6 is 0 Å². The largest absolute Gasteiger partial charge is 0.491 e. The molecule has 0 radical (unpaired) electrons. The summed E-state index contributed by atoms with van der Waals surface area (Å²) >= 11 is 0. The molecule has 1 aromatic heterocycles. The molecule has 1 aliphatic heterocycles. The van der Waals surface area contributed by atoms with Gasteiger partial charge in [0.25, 0.3) is 0 Å². The lowest BCUT2D eigenvalue weighted by Crippen LogP contribution is -2.41. The van der Waals surface area contributed by atoms with Crippen molar-refractivity contribution in [2.75, 3.05) is 13.7 Å². The molecule has 6 heteroatoms. The maximum Gasteiger partial charge on any atom is 0.491 e. The fourth-order valence-electron chi connectivity index (χ4n) is 2.76. The molecule has 0 saturated carbocycles. The molecule has 0 atom stereocenters. The van der Waals surface area contributed by atoms with E-state index in [-0.39, 0.29) is 11.2 Å². The van der Waals surface area contributed by atoms with Gasteiger partial charge in [0.05, 0.1) is 23.8 Å². The smallest absolute Gasteiger partial charge is 0.481 e. The van der Waals surface area contributed by atoms with Gasteiger partial charge in [0.2, 0.25) is 5.88 Å². The summed E-state index contributed by atoms with van der Waals surface area (Å²) in [5.41, 5.74) is 8.06. The second-order valence-corrected chi connectivity index (χ2v) is 7.32. The standard InChI is InChI=1S/C19H25BN2O3/c1-18(2)19(3,4)25-20(24-18)15(12-21)11-13-6-8-16-14(10-13)7-9-17(22-16)23-5/h6-11H,12,21H2,1-5H3. The molecule has 1 fully saturated rings. The summed E-state index contributed by atoms with van der Waals surface area (Å²) in [6, 6.07) is 9.91. The molecule has 1 aliphatic rings. The molecule has 2 N–H and O–H groups in total. The number of nitrogens with zero attached hydrogens (tertiary/aromatic N) is 1. The number of pyridine rings is 1. The molecule has 2 aromatic rings. The van der Waals surface area contributed by atoms with Crippen LogP contribution in [-0.2, 0) is 9.31 Å². The van der Waals surface area contributed by atoms with E-state index in [0.29, 0.717) is 12.4 Å². The van der Waals surface area contributed by atoms with Crippen molar-refractivity contribution in [3.8, 4) is 5.88 Å². The highest BCUT2D eigenvalue weighted by Gasteiger charge is 2.52. The van der Waals surface area contributed by atoms with Crippen molar-refractivity contribution in [1.29, 1.82) is 0 Å². The van der Waals surface area contributed by atoms with Crippen LogP contribution < -0.4 is 10.5 Å². The van der Waals surface area contributed by atoms with Gasteiger partial charge in [-0.3, -0.25) is 0 Å². The molecular weight excluding hydrogens is 315 g/mol. The number of hydrogen-bond donors (Lipinski definition) is 1. The second kappa shape index (κ2) is 6.44. The van der Waals surface area contributed by atoms with E-state index in [4.69, 9.17) is 19.8 Å². The normalized spacial score (nSPS) is 19.4. The zero-order valence-electron chi connectivity index (χ0n) is 15.5. The Bertz CT molecular complexity index is 801. The molecule has 2 heterocycles. The van der Waals surface area contributed by atoms with Gasteiger partial charge in [0, 0.05) is 18.0 Å². The molecule has 132 valence electrons. The van der Waals surface area contributed by atoms with Crippen molar-refractivity contribution in [1.82, 2.24) is 4.98 Å². The lowest BCUT2D eigenvalue weighted by molar-refractivity contribution is 0.00578. The number of aromatic nitrogens is 1. The van der Waals surface area contributed by atoms with Crippen LogP contribution in [0.5, 0.6) is 5.88 Å². The van der Waals surface area contributed by atoms with Gasteiger partial charge in [-0.1, -0.05) is 12.1 Å². The van der Waals surface area contributed by atoms with E-state index in [0.717, 1.165) is 21.9 Å². The average Bonchev–Trinajstić information content (AvgIpc) is 2.79. The fourth-order valence-corrected chi connectivity index (χ4v) is 2.76. The van der Waals surface area contributed by atoms with Crippen LogP contribution in [-0.4, -0.2) is 37.0 Å². The van der Waals surface area contributed by atoms with E-state index in [1.165, 1.54) is 0 Å². The van der Waals surface area contributed by atoms with E-state index in [2.05, 4.69) is 11.1 Å². The van der Waals surface area contributed by atoms with Gasteiger partial charge in [-0.05, 0) is 56.9 Å². The number of ether oxygens (including phenoxy) is 1. The van der Waals surface area contributed by atoms with Crippen molar-refractivity contribution >= 4 is 24.1 Å². The minimum absolute atomic E-state index is 0.371. The summed E-state index contributed by atoms with van der Waals surface area (Å²) in [5, 5.41) is 1.04. The van der Waals surface area contributed by atoms with Gasteiger partial charge in [-0.15, -0.1) is 0 Å². The average molecular weight is 340 g/mol. The van der Waals surface area contributed by atoms with Gasteiger partial charge in [0.15, 0.2) is 0 Å². The molecule has 0 aliphatic carbocycles. The SMILES string of the molecule is COc1ccc2cc(C=C(CN)B3OC(C)(C)C(C)(C)O3)ccc2n1. The van der Waals surface area contributed by atoms with Gasteiger partial charge >= 0.3 is 7.12 Å². The number of benzene rings is 1. The topological polar surface area (TPSA) is 66.6 Å². The van der Waals surface area contributed by atoms with Crippen LogP contribution in [0.15, 0.2) is 35.8 Å². The third kappa shape index (κ3) is 3.42. The minimum Gasteiger partial charge on any atom is -0.481 e. The first-order valence-corrected chi connectivity index (χ1v) is 8.47. The molecule has 0 spiro atoms. The first kappa shape index (κ1) is 17.9. The highest BCUT2D eigenvalue weighted by Crippen LogP contribution is 2.38. The first-order chi connectivity index (χ1) is 11.8. The first-order valence-electron chi connectivity index (χ1n) is 8.47. The molecule has 0 amide bonds. The predicted molar refractivity (Wildman–Crippen MR) is 101 cm³/mol. The van der Waals surface area contributed by atoms with Crippen molar-refractivity contribution < 1.29 is 14.0 Å².